The highest BCUT2D eigenvalue weighted by molar-refractivity contribution is 4.86. The van der Waals surface area contributed by atoms with Crippen LogP contribution < -0.4 is 0 Å². The molecule has 0 aromatic heterocycles. The summed E-state index contributed by atoms with van der Waals surface area (Å²) in [4.78, 5) is 1.17. The van der Waals surface area contributed by atoms with Crippen molar-refractivity contribution >= 4 is 0 Å². The molecule has 7 heteroatoms. The average Bonchev–Trinajstić information content (AvgIpc) is 2.15. The van der Waals surface area contributed by atoms with Gasteiger partial charge in [0.25, 0.3) is 0 Å². The molecular weight excluding hydrogens is 245 g/mol. The molecule has 0 aliphatic carbocycles. The van der Waals surface area contributed by atoms with Crippen LogP contribution in [0, 0.1) is 5.92 Å². The minimum absolute atomic E-state index is 0.0284. The standard InChI is InChI=1S/C10H16F5NO/c1-7(2)8-5-17-4-3-16(8)6-9(11,12)10(13,14)15/h7-8H,3-6H2,1-2H3/t8-/m1/s1. The van der Waals surface area contributed by atoms with Gasteiger partial charge in [0, 0.05) is 12.6 Å². The van der Waals surface area contributed by atoms with E-state index < -0.39 is 24.7 Å². The molecule has 0 unspecified atom stereocenters. The Morgan fingerprint density at radius 3 is 2.29 bits per heavy atom. The molecule has 102 valence electrons. The lowest BCUT2D eigenvalue weighted by atomic mass is 10.0. The van der Waals surface area contributed by atoms with Gasteiger partial charge in [0.15, 0.2) is 0 Å². The molecular formula is C10H16F5NO. The molecule has 0 amide bonds. The highest BCUT2D eigenvalue weighted by atomic mass is 19.4. The lowest BCUT2D eigenvalue weighted by molar-refractivity contribution is -0.290. The quantitative estimate of drug-likeness (QED) is 0.724. The van der Waals surface area contributed by atoms with E-state index in [0.29, 0.717) is 0 Å². The Hall–Kier alpha value is -0.430. The highest BCUT2D eigenvalue weighted by Gasteiger charge is 2.58. The molecule has 1 saturated heterocycles. The van der Waals surface area contributed by atoms with Gasteiger partial charge in [-0.1, -0.05) is 13.8 Å². The summed E-state index contributed by atoms with van der Waals surface area (Å²) in [5.41, 5.74) is 0. The minimum Gasteiger partial charge on any atom is -0.378 e. The number of hydrogen-bond acceptors (Lipinski definition) is 2. The lowest BCUT2D eigenvalue weighted by Crippen LogP contribution is -2.55. The second-order valence-electron chi connectivity index (χ2n) is 4.56. The zero-order valence-electron chi connectivity index (χ0n) is 9.73. The molecule has 0 saturated carbocycles. The number of nitrogens with zero attached hydrogens (tertiary/aromatic N) is 1. The van der Waals surface area contributed by atoms with Crippen LogP contribution in [-0.4, -0.2) is 49.3 Å². The molecule has 0 aromatic rings. The summed E-state index contributed by atoms with van der Waals surface area (Å²) < 4.78 is 67.3. The van der Waals surface area contributed by atoms with E-state index in [9.17, 15) is 22.0 Å². The summed E-state index contributed by atoms with van der Waals surface area (Å²) in [6.45, 7) is 2.76. The van der Waals surface area contributed by atoms with Crippen LogP contribution in [-0.2, 0) is 4.74 Å². The van der Waals surface area contributed by atoms with Crippen molar-refractivity contribution in [2.75, 3.05) is 26.3 Å². The lowest BCUT2D eigenvalue weighted by Gasteiger charge is -2.39. The first-order valence-electron chi connectivity index (χ1n) is 5.41. The van der Waals surface area contributed by atoms with Gasteiger partial charge in [-0.2, -0.15) is 22.0 Å². The number of hydrogen-bond donors (Lipinski definition) is 0. The number of halogens is 5. The number of rotatable bonds is 3. The smallest absolute Gasteiger partial charge is 0.378 e. The monoisotopic (exact) mass is 261 g/mol. The Morgan fingerprint density at radius 2 is 1.82 bits per heavy atom. The number of morpholine rings is 1. The number of alkyl halides is 5. The van der Waals surface area contributed by atoms with Crippen molar-refractivity contribution in [3.05, 3.63) is 0 Å². The average molecular weight is 261 g/mol. The van der Waals surface area contributed by atoms with Crippen molar-refractivity contribution in [3.63, 3.8) is 0 Å². The summed E-state index contributed by atoms with van der Waals surface area (Å²) in [5.74, 6) is -4.70. The summed E-state index contributed by atoms with van der Waals surface area (Å²) >= 11 is 0. The van der Waals surface area contributed by atoms with Crippen LogP contribution in [0.4, 0.5) is 22.0 Å². The van der Waals surface area contributed by atoms with Gasteiger partial charge in [0.05, 0.1) is 19.8 Å². The first-order chi connectivity index (χ1) is 7.65. The first-order valence-corrected chi connectivity index (χ1v) is 5.41. The molecule has 0 N–H and O–H groups in total. The van der Waals surface area contributed by atoms with Crippen LogP contribution in [0.25, 0.3) is 0 Å². The van der Waals surface area contributed by atoms with Gasteiger partial charge in [-0.05, 0) is 5.92 Å². The van der Waals surface area contributed by atoms with E-state index in [4.69, 9.17) is 4.74 Å². The van der Waals surface area contributed by atoms with Crippen molar-refractivity contribution < 1.29 is 26.7 Å². The molecule has 2 nitrogen and oxygen atoms in total. The van der Waals surface area contributed by atoms with E-state index in [1.807, 2.05) is 0 Å². The normalized spacial score (nSPS) is 24.4. The van der Waals surface area contributed by atoms with Gasteiger partial charge in [-0.3, -0.25) is 4.90 Å². The Labute approximate surface area is 96.7 Å². The molecule has 0 bridgehead atoms. The SMILES string of the molecule is CC(C)[C@H]1COCCN1CC(F)(F)C(F)(F)F. The molecule has 1 aliphatic heterocycles. The van der Waals surface area contributed by atoms with E-state index in [1.54, 1.807) is 13.8 Å². The molecule has 0 aromatic carbocycles. The van der Waals surface area contributed by atoms with Crippen molar-refractivity contribution in [2.24, 2.45) is 5.92 Å². The fraction of sp³-hybridized carbons (Fsp3) is 1.00. The molecule has 0 spiro atoms. The zero-order valence-corrected chi connectivity index (χ0v) is 9.73. The molecule has 1 aliphatic rings. The minimum atomic E-state index is -5.49. The molecule has 1 atom stereocenters. The molecule has 1 fully saturated rings. The van der Waals surface area contributed by atoms with Crippen molar-refractivity contribution in [1.82, 2.24) is 4.90 Å². The molecule has 1 heterocycles. The molecule has 0 radical (unpaired) electrons. The second kappa shape index (κ2) is 5.06. The zero-order chi connectivity index (χ0) is 13.3. The Morgan fingerprint density at radius 1 is 1.24 bits per heavy atom. The van der Waals surface area contributed by atoms with Gasteiger partial charge < -0.3 is 4.74 Å². The van der Waals surface area contributed by atoms with Crippen LogP contribution >= 0.6 is 0 Å². The third-order valence-corrected chi connectivity index (χ3v) is 2.87. The Balaban J connectivity index is 2.71. The summed E-state index contributed by atoms with van der Waals surface area (Å²) in [6.07, 6.45) is -5.49. The van der Waals surface area contributed by atoms with Crippen molar-refractivity contribution in [2.45, 2.75) is 32.0 Å². The third kappa shape index (κ3) is 3.51. The number of ether oxygens (including phenoxy) is 1. The van der Waals surface area contributed by atoms with Gasteiger partial charge >= 0.3 is 12.1 Å². The van der Waals surface area contributed by atoms with E-state index in [0.717, 1.165) is 0 Å². The van der Waals surface area contributed by atoms with E-state index in [1.165, 1.54) is 4.90 Å². The summed E-state index contributed by atoms with van der Waals surface area (Å²) in [6, 6.07) is -0.392. The Kier molecular flexibility index (Phi) is 4.35. The van der Waals surface area contributed by atoms with Gasteiger partial charge in [0.1, 0.15) is 0 Å². The van der Waals surface area contributed by atoms with Gasteiger partial charge in [-0.25, -0.2) is 0 Å². The summed E-state index contributed by atoms with van der Waals surface area (Å²) in [5, 5.41) is 0. The topological polar surface area (TPSA) is 12.5 Å². The maximum atomic E-state index is 12.9. The van der Waals surface area contributed by atoms with Gasteiger partial charge in [0.2, 0.25) is 0 Å². The van der Waals surface area contributed by atoms with Crippen LogP contribution in [0.5, 0.6) is 0 Å². The van der Waals surface area contributed by atoms with Crippen LogP contribution in [0.3, 0.4) is 0 Å². The maximum absolute atomic E-state index is 12.9. The van der Waals surface area contributed by atoms with Crippen molar-refractivity contribution in [1.29, 1.82) is 0 Å². The van der Waals surface area contributed by atoms with Crippen molar-refractivity contribution in [3.8, 4) is 0 Å². The van der Waals surface area contributed by atoms with E-state index >= 15 is 0 Å². The molecule has 17 heavy (non-hydrogen) atoms. The predicted molar refractivity (Wildman–Crippen MR) is 52.0 cm³/mol. The van der Waals surface area contributed by atoms with E-state index in [2.05, 4.69) is 0 Å². The van der Waals surface area contributed by atoms with Crippen LogP contribution in [0.2, 0.25) is 0 Å². The largest absolute Gasteiger partial charge is 0.454 e. The Bertz CT molecular complexity index is 254. The second-order valence-corrected chi connectivity index (χ2v) is 4.56. The summed E-state index contributed by atoms with van der Waals surface area (Å²) in [7, 11) is 0. The van der Waals surface area contributed by atoms with Crippen LogP contribution in [0.1, 0.15) is 13.8 Å². The van der Waals surface area contributed by atoms with Crippen LogP contribution in [0.15, 0.2) is 0 Å². The molecule has 1 rings (SSSR count). The predicted octanol–water partition coefficient (Wildman–Crippen LogP) is 2.54. The van der Waals surface area contributed by atoms with E-state index in [-0.39, 0.29) is 25.7 Å². The first kappa shape index (κ1) is 14.6. The maximum Gasteiger partial charge on any atom is 0.454 e. The third-order valence-electron chi connectivity index (χ3n) is 2.87. The highest BCUT2D eigenvalue weighted by Crippen LogP contribution is 2.36. The fourth-order valence-corrected chi connectivity index (χ4v) is 1.81. The van der Waals surface area contributed by atoms with Gasteiger partial charge in [-0.15, -0.1) is 0 Å². The fourth-order valence-electron chi connectivity index (χ4n) is 1.81.